The standard InChI is InChI=1S/C12H13ClN2S3/c13-11-2-1-9(18-11)12(15-14)10-5-7-6-16-4-3-8(7)17-10/h1-2,5,12,15H,3-4,6,14H2. The van der Waals surface area contributed by atoms with E-state index in [0.717, 1.165) is 10.1 Å². The van der Waals surface area contributed by atoms with Gasteiger partial charge in [-0.05, 0) is 35.9 Å². The monoisotopic (exact) mass is 316 g/mol. The summed E-state index contributed by atoms with van der Waals surface area (Å²) in [6.07, 6.45) is 1.19. The number of thioether (sulfide) groups is 1. The molecule has 0 fully saturated rings. The molecular formula is C12H13ClN2S3. The van der Waals surface area contributed by atoms with E-state index in [0.29, 0.717) is 0 Å². The molecule has 2 aromatic rings. The number of thiophene rings is 2. The van der Waals surface area contributed by atoms with Crippen LogP contribution in [0.15, 0.2) is 18.2 Å². The van der Waals surface area contributed by atoms with Crippen molar-refractivity contribution >= 4 is 46.0 Å². The SMILES string of the molecule is NNC(c1ccc(Cl)s1)c1cc2c(s1)CCSC2. The first kappa shape index (κ1) is 13.0. The van der Waals surface area contributed by atoms with E-state index in [1.807, 2.05) is 35.2 Å². The van der Waals surface area contributed by atoms with E-state index in [1.165, 1.54) is 32.4 Å². The van der Waals surface area contributed by atoms with Crippen LogP contribution in [0.25, 0.3) is 0 Å². The lowest BCUT2D eigenvalue weighted by Gasteiger charge is -2.11. The Hall–Kier alpha value is -0.0400. The van der Waals surface area contributed by atoms with Crippen molar-refractivity contribution in [3.63, 3.8) is 0 Å². The highest BCUT2D eigenvalue weighted by atomic mass is 35.5. The van der Waals surface area contributed by atoms with Gasteiger partial charge in [0.15, 0.2) is 0 Å². The van der Waals surface area contributed by atoms with E-state index in [-0.39, 0.29) is 6.04 Å². The van der Waals surface area contributed by atoms with E-state index in [1.54, 1.807) is 11.3 Å². The van der Waals surface area contributed by atoms with E-state index in [9.17, 15) is 0 Å². The molecule has 1 aliphatic heterocycles. The van der Waals surface area contributed by atoms with Crippen LogP contribution in [0.2, 0.25) is 4.34 Å². The van der Waals surface area contributed by atoms with Gasteiger partial charge in [0.2, 0.25) is 0 Å². The largest absolute Gasteiger partial charge is 0.271 e. The predicted molar refractivity (Wildman–Crippen MR) is 82.7 cm³/mol. The predicted octanol–water partition coefficient (Wildman–Crippen LogP) is 3.81. The lowest BCUT2D eigenvalue weighted by molar-refractivity contribution is 0.656. The van der Waals surface area contributed by atoms with E-state index in [4.69, 9.17) is 17.4 Å². The first-order valence-corrected chi connectivity index (χ1v) is 8.85. The minimum Gasteiger partial charge on any atom is -0.271 e. The Morgan fingerprint density at radius 3 is 2.83 bits per heavy atom. The van der Waals surface area contributed by atoms with Gasteiger partial charge < -0.3 is 0 Å². The van der Waals surface area contributed by atoms with Crippen LogP contribution in [0, 0.1) is 0 Å². The van der Waals surface area contributed by atoms with Crippen molar-refractivity contribution in [3.8, 4) is 0 Å². The maximum absolute atomic E-state index is 6.00. The minimum absolute atomic E-state index is 0.0723. The van der Waals surface area contributed by atoms with Crippen LogP contribution in [0.4, 0.5) is 0 Å². The first-order valence-electron chi connectivity index (χ1n) is 5.68. The van der Waals surface area contributed by atoms with Gasteiger partial charge in [0.1, 0.15) is 0 Å². The molecule has 3 N–H and O–H groups in total. The summed E-state index contributed by atoms with van der Waals surface area (Å²) in [7, 11) is 0. The minimum atomic E-state index is 0.0723. The zero-order valence-electron chi connectivity index (χ0n) is 9.61. The lowest BCUT2D eigenvalue weighted by atomic mass is 10.1. The van der Waals surface area contributed by atoms with Crippen LogP contribution in [0.3, 0.4) is 0 Å². The van der Waals surface area contributed by atoms with Crippen molar-refractivity contribution in [1.29, 1.82) is 0 Å². The second-order valence-corrected chi connectivity index (χ2v) is 8.16. The average Bonchev–Trinajstić information content (AvgIpc) is 2.96. The number of rotatable bonds is 3. The van der Waals surface area contributed by atoms with Crippen molar-refractivity contribution in [3.05, 3.63) is 42.7 Å². The fourth-order valence-corrected chi connectivity index (χ4v) is 5.77. The van der Waals surface area contributed by atoms with Gasteiger partial charge in [0.25, 0.3) is 0 Å². The summed E-state index contributed by atoms with van der Waals surface area (Å²) in [6, 6.07) is 6.34. The maximum Gasteiger partial charge on any atom is 0.0931 e. The fourth-order valence-electron chi connectivity index (χ4n) is 2.10. The molecule has 18 heavy (non-hydrogen) atoms. The number of nitrogens with two attached hydrogens (primary N) is 1. The van der Waals surface area contributed by atoms with Gasteiger partial charge in [0.05, 0.1) is 10.4 Å². The highest BCUT2D eigenvalue weighted by Crippen LogP contribution is 2.38. The number of hydrogen-bond donors (Lipinski definition) is 2. The van der Waals surface area contributed by atoms with Crippen LogP contribution >= 0.6 is 46.0 Å². The fraction of sp³-hybridized carbons (Fsp3) is 0.333. The van der Waals surface area contributed by atoms with Gasteiger partial charge in [-0.2, -0.15) is 11.8 Å². The Labute approximate surface area is 124 Å². The summed E-state index contributed by atoms with van der Waals surface area (Å²) in [6.45, 7) is 0. The third kappa shape index (κ3) is 2.48. The molecule has 0 bridgehead atoms. The molecule has 0 aliphatic carbocycles. The molecule has 2 nitrogen and oxygen atoms in total. The van der Waals surface area contributed by atoms with E-state index < -0.39 is 0 Å². The van der Waals surface area contributed by atoms with E-state index in [2.05, 4.69) is 11.5 Å². The summed E-state index contributed by atoms with van der Waals surface area (Å²) in [5, 5.41) is 0. The Balaban J connectivity index is 1.94. The number of aryl methyl sites for hydroxylation is 1. The first-order chi connectivity index (χ1) is 8.78. The van der Waals surface area contributed by atoms with Crippen LogP contribution in [-0.4, -0.2) is 5.75 Å². The molecule has 1 unspecified atom stereocenters. The number of hydrazine groups is 1. The number of fused-ring (bicyclic) bond motifs is 1. The number of nitrogens with one attached hydrogen (secondary N) is 1. The molecule has 0 radical (unpaired) electrons. The number of hydrogen-bond acceptors (Lipinski definition) is 5. The van der Waals surface area contributed by atoms with Crippen LogP contribution < -0.4 is 11.3 Å². The molecule has 0 saturated heterocycles. The van der Waals surface area contributed by atoms with Gasteiger partial charge >= 0.3 is 0 Å². The van der Waals surface area contributed by atoms with Gasteiger partial charge in [-0.15, -0.1) is 22.7 Å². The molecule has 0 saturated carbocycles. The average molecular weight is 317 g/mol. The normalized spacial score (nSPS) is 16.6. The second-order valence-electron chi connectivity index (χ2n) is 4.14. The molecule has 2 aromatic heterocycles. The summed E-state index contributed by atoms with van der Waals surface area (Å²) >= 11 is 11.5. The molecule has 3 rings (SSSR count). The second kappa shape index (κ2) is 5.53. The molecule has 6 heteroatoms. The zero-order chi connectivity index (χ0) is 12.5. The summed E-state index contributed by atoms with van der Waals surface area (Å²) in [4.78, 5) is 3.99. The van der Waals surface area contributed by atoms with Gasteiger partial charge in [-0.1, -0.05) is 11.6 Å². The van der Waals surface area contributed by atoms with E-state index >= 15 is 0 Å². The summed E-state index contributed by atoms with van der Waals surface area (Å²) in [5.74, 6) is 8.09. The zero-order valence-corrected chi connectivity index (χ0v) is 12.8. The lowest BCUT2D eigenvalue weighted by Crippen LogP contribution is -2.27. The topological polar surface area (TPSA) is 38.0 Å². The molecule has 96 valence electrons. The molecule has 1 atom stereocenters. The number of halogens is 1. The summed E-state index contributed by atoms with van der Waals surface area (Å²) in [5.41, 5.74) is 4.39. The molecule has 1 aliphatic rings. The Morgan fingerprint density at radius 1 is 1.28 bits per heavy atom. The molecule has 0 aromatic carbocycles. The quantitative estimate of drug-likeness (QED) is 0.668. The van der Waals surface area contributed by atoms with Crippen molar-refractivity contribution in [2.75, 3.05) is 5.75 Å². The molecule has 3 heterocycles. The Bertz CT molecular complexity index is 526. The third-order valence-corrected chi connectivity index (χ3v) is 6.58. The van der Waals surface area contributed by atoms with Gasteiger partial charge in [-0.3, -0.25) is 5.84 Å². The third-order valence-electron chi connectivity index (χ3n) is 2.98. The van der Waals surface area contributed by atoms with Crippen LogP contribution in [-0.2, 0) is 12.2 Å². The van der Waals surface area contributed by atoms with Crippen LogP contribution in [0.5, 0.6) is 0 Å². The maximum atomic E-state index is 6.00. The molecular weight excluding hydrogens is 304 g/mol. The molecule has 0 amide bonds. The Kier molecular flexibility index (Phi) is 3.98. The van der Waals surface area contributed by atoms with Crippen molar-refractivity contribution < 1.29 is 0 Å². The van der Waals surface area contributed by atoms with Gasteiger partial charge in [-0.25, -0.2) is 5.43 Å². The highest BCUT2D eigenvalue weighted by molar-refractivity contribution is 7.98. The summed E-state index contributed by atoms with van der Waals surface area (Å²) < 4.78 is 0.808. The molecule has 0 spiro atoms. The van der Waals surface area contributed by atoms with Crippen molar-refractivity contribution in [1.82, 2.24) is 5.43 Å². The highest BCUT2D eigenvalue weighted by Gasteiger charge is 2.21. The van der Waals surface area contributed by atoms with Crippen molar-refractivity contribution in [2.45, 2.75) is 18.2 Å². The van der Waals surface area contributed by atoms with Crippen LogP contribution in [0.1, 0.15) is 26.2 Å². The van der Waals surface area contributed by atoms with Crippen molar-refractivity contribution in [2.24, 2.45) is 5.84 Å². The Morgan fingerprint density at radius 2 is 2.17 bits per heavy atom. The van der Waals surface area contributed by atoms with Gasteiger partial charge in [0, 0.05) is 20.4 Å². The smallest absolute Gasteiger partial charge is 0.0931 e.